The van der Waals surface area contributed by atoms with Crippen molar-refractivity contribution in [3.8, 4) is 5.75 Å². The number of hydrogen-bond donors (Lipinski definition) is 1. The van der Waals surface area contributed by atoms with E-state index in [0.717, 1.165) is 31.2 Å². The third kappa shape index (κ3) is 6.42. The molecule has 1 aromatic rings. The smallest absolute Gasteiger partial charge is 0.119 e. The van der Waals surface area contributed by atoms with Gasteiger partial charge < -0.3 is 10.1 Å². The summed E-state index contributed by atoms with van der Waals surface area (Å²) in [5.41, 5.74) is 1.39. The van der Waals surface area contributed by atoms with Gasteiger partial charge in [0, 0.05) is 0 Å². The van der Waals surface area contributed by atoms with Crippen molar-refractivity contribution in [1.82, 2.24) is 5.32 Å². The summed E-state index contributed by atoms with van der Waals surface area (Å²) in [7, 11) is 1.73. The van der Waals surface area contributed by atoms with E-state index in [1.165, 1.54) is 24.8 Å². The lowest BCUT2D eigenvalue weighted by atomic mass is 9.88. The fourth-order valence-corrected chi connectivity index (χ4v) is 2.90. The number of ether oxygens (including phenoxy) is 1. The molecule has 0 fully saturated rings. The summed E-state index contributed by atoms with van der Waals surface area (Å²) >= 11 is 0. The van der Waals surface area contributed by atoms with Crippen LogP contribution in [-0.4, -0.2) is 20.2 Å². The summed E-state index contributed by atoms with van der Waals surface area (Å²) < 4.78 is 5.32. The minimum absolute atomic E-state index is 0.712. The Labute approximate surface area is 124 Å². The van der Waals surface area contributed by atoms with Crippen LogP contribution in [0.25, 0.3) is 0 Å². The fraction of sp³-hybridized carbons (Fsp3) is 0.667. The van der Waals surface area contributed by atoms with Crippen molar-refractivity contribution in [2.45, 2.75) is 46.5 Å². The van der Waals surface area contributed by atoms with Gasteiger partial charge in [-0.1, -0.05) is 45.7 Å². The molecule has 2 nitrogen and oxygen atoms in total. The average molecular weight is 277 g/mol. The lowest BCUT2D eigenvalue weighted by Crippen LogP contribution is -2.25. The van der Waals surface area contributed by atoms with Crippen LogP contribution in [0.1, 0.15) is 45.6 Å². The zero-order valence-electron chi connectivity index (χ0n) is 13.6. The molecule has 0 bridgehead atoms. The largest absolute Gasteiger partial charge is 0.497 e. The molecule has 114 valence electrons. The van der Waals surface area contributed by atoms with E-state index < -0.39 is 0 Å². The molecular weight excluding hydrogens is 246 g/mol. The molecule has 0 radical (unpaired) electrons. The average Bonchev–Trinajstić information content (AvgIpc) is 2.45. The van der Waals surface area contributed by atoms with Crippen LogP contribution in [0.2, 0.25) is 0 Å². The summed E-state index contributed by atoms with van der Waals surface area (Å²) in [6.45, 7) is 9.00. The normalized spacial score (nSPS) is 14.0. The lowest BCUT2D eigenvalue weighted by Gasteiger charge is -2.21. The van der Waals surface area contributed by atoms with E-state index in [1.807, 2.05) is 6.07 Å². The van der Waals surface area contributed by atoms with Crippen LogP contribution in [0.4, 0.5) is 0 Å². The van der Waals surface area contributed by atoms with Crippen molar-refractivity contribution >= 4 is 0 Å². The van der Waals surface area contributed by atoms with E-state index in [1.54, 1.807) is 7.11 Å². The molecule has 1 N–H and O–H groups in total. The Morgan fingerprint density at radius 1 is 1.25 bits per heavy atom. The maximum Gasteiger partial charge on any atom is 0.119 e. The minimum atomic E-state index is 0.712. The molecule has 0 aromatic heterocycles. The van der Waals surface area contributed by atoms with Crippen LogP contribution in [0.3, 0.4) is 0 Å². The van der Waals surface area contributed by atoms with Gasteiger partial charge in [-0.2, -0.15) is 0 Å². The van der Waals surface area contributed by atoms with Gasteiger partial charge in [-0.25, -0.2) is 0 Å². The van der Waals surface area contributed by atoms with Gasteiger partial charge in [0.1, 0.15) is 5.75 Å². The Morgan fingerprint density at radius 2 is 2.05 bits per heavy atom. The van der Waals surface area contributed by atoms with Gasteiger partial charge in [-0.3, -0.25) is 0 Å². The second-order valence-electron chi connectivity index (χ2n) is 5.86. The highest BCUT2D eigenvalue weighted by molar-refractivity contribution is 5.28. The first-order valence-corrected chi connectivity index (χ1v) is 8.03. The number of nitrogens with one attached hydrogen (secondary N) is 1. The van der Waals surface area contributed by atoms with E-state index in [4.69, 9.17) is 4.74 Å². The number of benzene rings is 1. The first-order chi connectivity index (χ1) is 9.69. The van der Waals surface area contributed by atoms with E-state index in [0.29, 0.717) is 5.92 Å². The maximum atomic E-state index is 5.32. The van der Waals surface area contributed by atoms with Crippen LogP contribution in [0, 0.1) is 11.8 Å². The number of methoxy groups -OCH3 is 1. The summed E-state index contributed by atoms with van der Waals surface area (Å²) in [5.74, 6) is 2.49. The molecule has 2 atom stereocenters. The van der Waals surface area contributed by atoms with E-state index >= 15 is 0 Å². The molecule has 0 saturated heterocycles. The number of hydrogen-bond acceptors (Lipinski definition) is 2. The molecule has 2 unspecified atom stereocenters. The highest BCUT2D eigenvalue weighted by Crippen LogP contribution is 2.22. The predicted octanol–water partition coefficient (Wildman–Crippen LogP) is 4.29. The molecule has 0 spiro atoms. The molecule has 1 rings (SSSR count). The SMILES string of the molecule is CCCC(C)CC(CNCC)Cc1cccc(OC)c1. The van der Waals surface area contributed by atoms with Gasteiger partial charge in [0.2, 0.25) is 0 Å². The molecule has 20 heavy (non-hydrogen) atoms. The maximum absolute atomic E-state index is 5.32. The molecule has 1 aromatic carbocycles. The van der Waals surface area contributed by atoms with Crippen molar-refractivity contribution in [3.05, 3.63) is 29.8 Å². The van der Waals surface area contributed by atoms with Crippen molar-refractivity contribution in [2.24, 2.45) is 11.8 Å². The molecule has 2 heteroatoms. The van der Waals surface area contributed by atoms with Gasteiger partial charge in [0.05, 0.1) is 7.11 Å². The second-order valence-corrected chi connectivity index (χ2v) is 5.86. The van der Waals surface area contributed by atoms with Gasteiger partial charge in [0.15, 0.2) is 0 Å². The van der Waals surface area contributed by atoms with E-state index in [-0.39, 0.29) is 0 Å². The second kappa shape index (κ2) is 9.82. The van der Waals surface area contributed by atoms with Crippen LogP contribution < -0.4 is 10.1 Å². The monoisotopic (exact) mass is 277 g/mol. The van der Waals surface area contributed by atoms with Crippen molar-refractivity contribution < 1.29 is 4.74 Å². The van der Waals surface area contributed by atoms with E-state index in [2.05, 4.69) is 44.3 Å². The van der Waals surface area contributed by atoms with E-state index in [9.17, 15) is 0 Å². The van der Waals surface area contributed by atoms with Gasteiger partial charge in [-0.05, 0) is 55.5 Å². The zero-order chi connectivity index (χ0) is 14.8. The van der Waals surface area contributed by atoms with Crippen molar-refractivity contribution in [1.29, 1.82) is 0 Å². The van der Waals surface area contributed by atoms with Gasteiger partial charge in [0.25, 0.3) is 0 Å². The third-order valence-electron chi connectivity index (χ3n) is 3.86. The topological polar surface area (TPSA) is 21.3 Å². The van der Waals surface area contributed by atoms with Crippen molar-refractivity contribution in [2.75, 3.05) is 20.2 Å². The number of rotatable bonds is 10. The van der Waals surface area contributed by atoms with Crippen LogP contribution in [0.5, 0.6) is 5.75 Å². The highest BCUT2D eigenvalue weighted by atomic mass is 16.5. The Kier molecular flexibility index (Phi) is 8.36. The standard InChI is InChI=1S/C18H31NO/c1-5-8-15(3)11-17(14-19-6-2)12-16-9-7-10-18(13-16)20-4/h7,9-10,13,15,17,19H,5-6,8,11-12,14H2,1-4H3. The summed E-state index contributed by atoms with van der Waals surface area (Å²) in [5, 5.41) is 3.51. The molecule has 0 aliphatic heterocycles. The molecule has 0 amide bonds. The summed E-state index contributed by atoms with van der Waals surface area (Å²) in [4.78, 5) is 0. The van der Waals surface area contributed by atoms with Crippen LogP contribution >= 0.6 is 0 Å². The Hall–Kier alpha value is -1.02. The minimum Gasteiger partial charge on any atom is -0.497 e. The third-order valence-corrected chi connectivity index (χ3v) is 3.86. The van der Waals surface area contributed by atoms with Crippen LogP contribution in [0.15, 0.2) is 24.3 Å². The first kappa shape index (κ1) is 17.0. The fourth-order valence-electron chi connectivity index (χ4n) is 2.90. The molecule has 0 heterocycles. The van der Waals surface area contributed by atoms with Gasteiger partial charge >= 0.3 is 0 Å². The molecule has 0 saturated carbocycles. The lowest BCUT2D eigenvalue weighted by molar-refractivity contribution is 0.355. The summed E-state index contributed by atoms with van der Waals surface area (Å²) in [6, 6.07) is 8.49. The van der Waals surface area contributed by atoms with Crippen LogP contribution in [-0.2, 0) is 6.42 Å². The predicted molar refractivity (Wildman–Crippen MR) is 87.4 cm³/mol. The zero-order valence-corrected chi connectivity index (χ0v) is 13.6. The van der Waals surface area contributed by atoms with Gasteiger partial charge in [-0.15, -0.1) is 0 Å². The van der Waals surface area contributed by atoms with Crippen molar-refractivity contribution in [3.63, 3.8) is 0 Å². The molecule has 0 aliphatic rings. The Morgan fingerprint density at radius 3 is 2.70 bits per heavy atom. The molecular formula is C18H31NO. The Bertz CT molecular complexity index is 364. The molecule has 0 aliphatic carbocycles. The first-order valence-electron chi connectivity index (χ1n) is 8.03. The highest BCUT2D eigenvalue weighted by Gasteiger charge is 2.13. The quantitative estimate of drug-likeness (QED) is 0.689. The summed E-state index contributed by atoms with van der Waals surface area (Å²) in [6.07, 6.45) is 5.06. The Balaban J connectivity index is 2.62.